The highest BCUT2D eigenvalue weighted by Gasteiger charge is 2.13. The van der Waals surface area contributed by atoms with E-state index in [1.54, 1.807) is 24.3 Å². The molecule has 4 aromatic rings. The highest BCUT2D eigenvalue weighted by molar-refractivity contribution is 6.32. The third-order valence-electron chi connectivity index (χ3n) is 3.96. The number of anilines is 1. The number of carbonyl (C=O) groups is 1. The summed E-state index contributed by atoms with van der Waals surface area (Å²) in [5.74, 6) is 1.26. The minimum Gasteiger partial charge on any atom is -0.492 e. The second kappa shape index (κ2) is 7.13. The first-order valence-corrected chi connectivity index (χ1v) is 8.76. The van der Waals surface area contributed by atoms with Crippen LogP contribution in [0.2, 0.25) is 5.02 Å². The Balaban J connectivity index is 1.52. The van der Waals surface area contributed by atoms with Crippen molar-refractivity contribution < 1.29 is 9.53 Å². The van der Waals surface area contributed by atoms with Crippen LogP contribution >= 0.6 is 11.6 Å². The van der Waals surface area contributed by atoms with Crippen LogP contribution in [0.1, 0.15) is 17.3 Å². The Labute approximate surface area is 159 Å². The molecule has 2 aromatic carbocycles. The van der Waals surface area contributed by atoms with Gasteiger partial charge in [0, 0.05) is 11.6 Å². The topological polar surface area (TPSA) is 95.7 Å². The van der Waals surface area contributed by atoms with Crippen molar-refractivity contribution in [1.82, 2.24) is 20.2 Å². The van der Waals surface area contributed by atoms with E-state index >= 15 is 0 Å². The second-order valence-electron chi connectivity index (χ2n) is 5.80. The van der Waals surface area contributed by atoms with E-state index < -0.39 is 0 Å². The van der Waals surface area contributed by atoms with Crippen molar-refractivity contribution in [3.8, 4) is 17.3 Å². The van der Waals surface area contributed by atoms with Crippen molar-refractivity contribution in [1.29, 1.82) is 0 Å². The first-order valence-electron chi connectivity index (χ1n) is 8.38. The second-order valence-corrected chi connectivity index (χ2v) is 6.21. The number of carbonyl (C=O) groups excluding carboxylic acids is 1. The van der Waals surface area contributed by atoms with Crippen LogP contribution < -0.4 is 10.1 Å². The largest absolute Gasteiger partial charge is 0.492 e. The molecule has 0 fully saturated rings. The third kappa shape index (κ3) is 3.50. The predicted octanol–water partition coefficient (Wildman–Crippen LogP) is 4.26. The molecule has 7 nitrogen and oxygen atoms in total. The molecule has 0 radical (unpaired) electrons. The fourth-order valence-electron chi connectivity index (χ4n) is 2.69. The summed E-state index contributed by atoms with van der Waals surface area (Å²) in [5.41, 5.74) is 2.87. The van der Waals surface area contributed by atoms with E-state index in [2.05, 4.69) is 25.5 Å². The Kier molecular flexibility index (Phi) is 4.52. The number of hydrogen-bond acceptors (Lipinski definition) is 4. The number of rotatable bonds is 5. The summed E-state index contributed by atoms with van der Waals surface area (Å²) in [7, 11) is 0. The summed E-state index contributed by atoms with van der Waals surface area (Å²) in [6, 6.07) is 14.3. The van der Waals surface area contributed by atoms with Gasteiger partial charge < -0.3 is 15.0 Å². The molecule has 2 aromatic heterocycles. The molecule has 0 saturated carbocycles. The van der Waals surface area contributed by atoms with Gasteiger partial charge in [0.25, 0.3) is 5.91 Å². The Bertz CT molecular complexity index is 1090. The van der Waals surface area contributed by atoms with Crippen molar-refractivity contribution in [2.75, 3.05) is 11.9 Å². The van der Waals surface area contributed by atoms with Gasteiger partial charge >= 0.3 is 0 Å². The molecule has 0 aliphatic carbocycles. The van der Waals surface area contributed by atoms with Gasteiger partial charge in [-0.1, -0.05) is 23.7 Å². The zero-order chi connectivity index (χ0) is 18.8. The van der Waals surface area contributed by atoms with E-state index in [0.717, 1.165) is 11.0 Å². The molecule has 0 spiro atoms. The summed E-state index contributed by atoms with van der Waals surface area (Å²) in [5, 5.41) is 10.1. The number of fused-ring (bicyclic) bond motifs is 1. The summed E-state index contributed by atoms with van der Waals surface area (Å²) >= 11 is 6.14. The van der Waals surface area contributed by atoms with Crippen LogP contribution in [0.3, 0.4) is 0 Å². The molecule has 0 saturated heterocycles. The van der Waals surface area contributed by atoms with Gasteiger partial charge in [-0.2, -0.15) is 5.10 Å². The number of ether oxygens (including phenoxy) is 1. The quantitative estimate of drug-likeness (QED) is 0.481. The number of nitrogens with one attached hydrogen (secondary N) is 3. The SMILES string of the molecule is CCOc1ccc(C(=O)Nc2cc(-c3nc4ccccc4[nH]3)[nH]n2)cc1Cl. The van der Waals surface area contributed by atoms with Gasteiger partial charge in [-0.05, 0) is 37.3 Å². The lowest BCUT2D eigenvalue weighted by Crippen LogP contribution is -2.12. The third-order valence-corrected chi connectivity index (χ3v) is 4.25. The number of nitrogens with zero attached hydrogens (tertiary/aromatic N) is 2. The zero-order valence-electron chi connectivity index (χ0n) is 14.4. The van der Waals surface area contributed by atoms with Gasteiger partial charge in [0.1, 0.15) is 11.4 Å². The van der Waals surface area contributed by atoms with Gasteiger partial charge in [0.2, 0.25) is 0 Å². The molecular formula is C19H16ClN5O2. The van der Waals surface area contributed by atoms with Crippen LogP contribution in [0.15, 0.2) is 48.5 Å². The van der Waals surface area contributed by atoms with Crippen LogP contribution in [0.25, 0.3) is 22.6 Å². The first kappa shape index (κ1) is 17.1. The summed E-state index contributed by atoms with van der Waals surface area (Å²) in [4.78, 5) is 20.1. The molecule has 0 bridgehead atoms. The molecular weight excluding hydrogens is 366 g/mol. The number of halogens is 1. The maximum absolute atomic E-state index is 12.4. The van der Waals surface area contributed by atoms with E-state index in [1.165, 1.54) is 0 Å². The molecule has 3 N–H and O–H groups in total. The highest BCUT2D eigenvalue weighted by Crippen LogP contribution is 2.26. The summed E-state index contributed by atoms with van der Waals surface area (Å²) < 4.78 is 5.38. The van der Waals surface area contributed by atoms with Crippen molar-refractivity contribution in [3.05, 3.63) is 59.1 Å². The maximum Gasteiger partial charge on any atom is 0.256 e. The summed E-state index contributed by atoms with van der Waals surface area (Å²) in [6.07, 6.45) is 0. The van der Waals surface area contributed by atoms with Crippen molar-refractivity contribution in [3.63, 3.8) is 0 Å². The van der Waals surface area contributed by atoms with Crippen molar-refractivity contribution in [2.24, 2.45) is 0 Å². The number of amides is 1. The molecule has 1 amide bonds. The maximum atomic E-state index is 12.4. The number of hydrogen-bond donors (Lipinski definition) is 3. The number of aromatic nitrogens is 4. The molecule has 0 atom stereocenters. The fraction of sp³-hybridized carbons (Fsp3) is 0.105. The van der Waals surface area contributed by atoms with Crippen LogP contribution in [0, 0.1) is 0 Å². The summed E-state index contributed by atoms with van der Waals surface area (Å²) in [6.45, 7) is 2.37. The highest BCUT2D eigenvalue weighted by atomic mass is 35.5. The predicted molar refractivity (Wildman–Crippen MR) is 104 cm³/mol. The fourth-order valence-corrected chi connectivity index (χ4v) is 2.93. The van der Waals surface area contributed by atoms with Gasteiger partial charge in [-0.15, -0.1) is 0 Å². The average molecular weight is 382 g/mol. The molecule has 136 valence electrons. The Morgan fingerprint density at radius 2 is 2.07 bits per heavy atom. The number of imidazole rings is 1. The Morgan fingerprint density at radius 3 is 2.85 bits per heavy atom. The minimum atomic E-state index is -0.317. The average Bonchev–Trinajstić information content (AvgIpc) is 3.30. The van der Waals surface area contributed by atoms with Crippen LogP contribution in [-0.2, 0) is 0 Å². The molecule has 2 heterocycles. The minimum absolute atomic E-state index is 0.317. The van der Waals surface area contributed by atoms with E-state index in [9.17, 15) is 4.79 Å². The molecule has 0 unspecified atom stereocenters. The number of H-pyrrole nitrogens is 2. The van der Waals surface area contributed by atoms with Crippen molar-refractivity contribution in [2.45, 2.75) is 6.92 Å². The smallest absolute Gasteiger partial charge is 0.256 e. The van der Waals surface area contributed by atoms with Crippen LogP contribution in [-0.4, -0.2) is 32.7 Å². The van der Waals surface area contributed by atoms with Gasteiger partial charge in [-0.3, -0.25) is 9.89 Å². The Morgan fingerprint density at radius 1 is 1.22 bits per heavy atom. The number of benzene rings is 2. The van der Waals surface area contributed by atoms with E-state index in [0.29, 0.717) is 40.3 Å². The lowest BCUT2D eigenvalue weighted by molar-refractivity contribution is 0.102. The lowest BCUT2D eigenvalue weighted by Gasteiger charge is -2.07. The Hall–Kier alpha value is -3.32. The van der Waals surface area contributed by atoms with Crippen molar-refractivity contribution >= 4 is 34.4 Å². The molecule has 0 aliphatic heterocycles. The van der Waals surface area contributed by atoms with Crippen LogP contribution in [0.4, 0.5) is 5.82 Å². The van der Waals surface area contributed by atoms with Crippen LogP contribution in [0.5, 0.6) is 5.75 Å². The number of aromatic amines is 2. The lowest BCUT2D eigenvalue weighted by atomic mass is 10.2. The molecule has 27 heavy (non-hydrogen) atoms. The van der Waals surface area contributed by atoms with E-state index in [1.807, 2.05) is 31.2 Å². The van der Waals surface area contributed by atoms with E-state index in [-0.39, 0.29) is 5.91 Å². The molecule has 0 aliphatic rings. The standard InChI is InChI=1S/C19H16ClN5O2/c1-2-27-16-8-7-11(9-12(16)20)19(26)23-17-10-15(24-25-17)18-21-13-5-3-4-6-14(13)22-18/h3-10H,2H2,1H3,(H,21,22)(H2,23,24,25,26). The zero-order valence-corrected chi connectivity index (χ0v) is 15.2. The first-order chi connectivity index (χ1) is 13.1. The number of para-hydroxylation sites is 2. The molecule has 8 heteroatoms. The normalized spacial score (nSPS) is 10.9. The van der Waals surface area contributed by atoms with E-state index in [4.69, 9.17) is 16.3 Å². The monoisotopic (exact) mass is 381 g/mol. The van der Waals surface area contributed by atoms with Gasteiger partial charge in [0.05, 0.1) is 22.7 Å². The molecule has 4 rings (SSSR count). The van der Waals surface area contributed by atoms with Gasteiger partial charge in [0.15, 0.2) is 11.6 Å². The van der Waals surface area contributed by atoms with Gasteiger partial charge in [-0.25, -0.2) is 4.98 Å².